The Labute approximate surface area is 150 Å². The van der Waals surface area contributed by atoms with Crippen LogP contribution < -0.4 is 10.1 Å². The van der Waals surface area contributed by atoms with E-state index >= 15 is 0 Å². The van der Waals surface area contributed by atoms with E-state index in [1.165, 1.54) is 0 Å². The molecule has 2 aromatic heterocycles. The van der Waals surface area contributed by atoms with Crippen molar-refractivity contribution >= 4 is 22.3 Å². The van der Waals surface area contributed by atoms with Crippen LogP contribution in [0.3, 0.4) is 0 Å². The lowest BCUT2D eigenvalue weighted by Crippen LogP contribution is -1.99. The zero-order valence-corrected chi connectivity index (χ0v) is 14.0. The van der Waals surface area contributed by atoms with Crippen molar-refractivity contribution in [2.45, 2.75) is 0 Å². The summed E-state index contributed by atoms with van der Waals surface area (Å²) in [5, 5.41) is 23.4. The number of rotatable bonds is 4. The summed E-state index contributed by atoms with van der Waals surface area (Å²) in [6.07, 6.45) is 3.49. The van der Waals surface area contributed by atoms with Crippen molar-refractivity contribution in [2.75, 3.05) is 12.4 Å². The Hall–Kier alpha value is -3.67. The van der Waals surface area contributed by atoms with Crippen molar-refractivity contribution < 1.29 is 9.84 Å². The summed E-state index contributed by atoms with van der Waals surface area (Å²) in [6.45, 7) is 0. The van der Waals surface area contributed by atoms with Gasteiger partial charge in [-0.05, 0) is 42.5 Å². The molecule has 4 rings (SSSR count). The second-order valence-electron chi connectivity index (χ2n) is 5.72. The lowest BCUT2D eigenvalue weighted by Gasteiger charge is -2.11. The number of methoxy groups -OCH3 is 1. The quantitative estimate of drug-likeness (QED) is 0.579. The van der Waals surface area contributed by atoms with Gasteiger partial charge >= 0.3 is 0 Å². The summed E-state index contributed by atoms with van der Waals surface area (Å²) in [4.78, 5) is 4.23. The van der Waals surface area contributed by atoms with Crippen LogP contribution in [0, 0.1) is 0 Å². The molecule has 0 atom stereocenters. The van der Waals surface area contributed by atoms with Crippen molar-refractivity contribution in [3.8, 4) is 22.8 Å². The number of aromatic hydroxyl groups is 1. The summed E-state index contributed by atoms with van der Waals surface area (Å²) in [6, 6.07) is 16.4. The van der Waals surface area contributed by atoms with Gasteiger partial charge in [-0.2, -0.15) is 0 Å². The van der Waals surface area contributed by atoms with Gasteiger partial charge in [0.25, 0.3) is 0 Å². The van der Waals surface area contributed by atoms with Gasteiger partial charge < -0.3 is 15.2 Å². The molecule has 0 aliphatic carbocycles. The molecule has 2 N–H and O–H groups in total. The monoisotopic (exact) mass is 344 g/mol. The molecule has 0 aliphatic heterocycles. The van der Waals surface area contributed by atoms with Crippen molar-refractivity contribution in [1.29, 1.82) is 0 Å². The number of pyridine rings is 1. The first-order valence-corrected chi connectivity index (χ1v) is 8.05. The van der Waals surface area contributed by atoms with Crippen molar-refractivity contribution in [3.05, 3.63) is 67.0 Å². The van der Waals surface area contributed by atoms with Crippen molar-refractivity contribution in [1.82, 2.24) is 15.2 Å². The van der Waals surface area contributed by atoms with Crippen LogP contribution in [0.4, 0.5) is 11.5 Å². The lowest BCUT2D eigenvalue weighted by molar-refractivity contribution is 0.415. The van der Waals surface area contributed by atoms with Gasteiger partial charge in [-0.3, -0.25) is 4.98 Å². The van der Waals surface area contributed by atoms with E-state index in [9.17, 15) is 5.11 Å². The van der Waals surface area contributed by atoms with Crippen LogP contribution >= 0.6 is 0 Å². The molecule has 0 spiro atoms. The van der Waals surface area contributed by atoms with E-state index in [-0.39, 0.29) is 5.75 Å². The number of nitrogens with zero attached hydrogens (tertiary/aromatic N) is 3. The third kappa shape index (κ3) is 3.00. The van der Waals surface area contributed by atoms with Gasteiger partial charge in [-0.25, -0.2) is 0 Å². The smallest absolute Gasteiger partial charge is 0.161 e. The number of hydrogen-bond acceptors (Lipinski definition) is 6. The Kier molecular flexibility index (Phi) is 4.07. The molecule has 128 valence electrons. The Bertz CT molecular complexity index is 1060. The average molecular weight is 344 g/mol. The Balaban J connectivity index is 1.80. The zero-order chi connectivity index (χ0) is 17.9. The highest BCUT2D eigenvalue weighted by Crippen LogP contribution is 2.31. The number of fused-ring (bicyclic) bond motifs is 1. The zero-order valence-electron chi connectivity index (χ0n) is 14.0. The van der Waals surface area contributed by atoms with Gasteiger partial charge in [0, 0.05) is 40.5 Å². The number of aromatic nitrogens is 3. The van der Waals surface area contributed by atoms with Gasteiger partial charge in [0.15, 0.2) is 5.82 Å². The SMILES string of the molecule is COc1ccc(-c2nnc(Nc3cccc(O)c3)c3ccncc23)cc1. The molecular formula is C20H16N4O2. The summed E-state index contributed by atoms with van der Waals surface area (Å²) >= 11 is 0. The van der Waals surface area contributed by atoms with Crippen molar-refractivity contribution in [3.63, 3.8) is 0 Å². The molecule has 26 heavy (non-hydrogen) atoms. The fourth-order valence-corrected chi connectivity index (χ4v) is 2.77. The van der Waals surface area contributed by atoms with E-state index < -0.39 is 0 Å². The first-order valence-electron chi connectivity index (χ1n) is 8.05. The molecule has 6 heteroatoms. The van der Waals surface area contributed by atoms with Gasteiger partial charge in [-0.1, -0.05) is 6.07 Å². The molecule has 2 aromatic carbocycles. The predicted octanol–water partition coefficient (Wildman–Crippen LogP) is 4.15. The Morgan fingerprint density at radius 3 is 2.58 bits per heavy atom. The van der Waals surface area contributed by atoms with E-state index in [4.69, 9.17) is 4.74 Å². The van der Waals surface area contributed by atoms with Gasteiger partial charge in [0.1, 0.15) is 17.2 Å². The molecule has 0 fully saturated rings. The Morgan fingerprint density at radius 1 is 0.962 bits per heavy atom. The number of phenols is 1. The minimum Gasteiger partial charge on any atom is -0.508 e. The molecule has 0 amide bonds. The summed E-state index contributed by atoms with van der Waals surface area (Å²) in [5.74, 6) is 1.57. The molecular weight excluding hydrogens is 328 g/mol. The maximum Gasteiger partial charge on any atom is 0.161 e. The second-order valence-corrected chi connectivity index (χ2v) is 5.72. The van der Waals surface area contributed by atoms with Crippen LogP contribution in [-0.2, 0) is 0 Å². The normalized spacial score (nSPS) is 10.7. The van der Waals surface area contributed by atoms with Crippen LogP contribution in [0.15, 0.2) is 67.0 Å². The largest absolute Gasteiger partial charge is 0.508 e. The Morgan fingerprint density at radius 2 is 1.81 bits per heavy atom. The van der Waals surface area contributed by atoms with Crippen LogP contribution in [0.5, 0.6) is 11.5 Å². The van der Waals surface area contributed by atoms with E-state index in [2.05, 4.69) is 20.5 Å². The van der Waals surface area contributed by atoms with Gasteiger partial charge in [0.2, 0.25) is 0 Å². The minimum atomic E-state index is 0.184. The fraction of sp³-hybridized carbons (Fsp3) is 0.0500. The standard InChI is InChI=1S/C20H16N4O2/c1-26-16-7-5-13(6-8-16)19-18-12-21-10-9-17(18)20(24-23-19)22-14-3-2-4-15(25)11-14/h2-12,25H,1H3,(H,22,24). The van der Waals surface area contributed by atoms with E-state index in [0.29, 0.717) is 5.82 Å². The average Bonchev–Trinajstić information content (AvgIpc) is 2.68. The molecule has 0 saturated carbocycles. The third-order valence-electron chi connectivity index (χ3n) is 4.05. The maximum atomic E-state index is 9.64. The lowest BCUT2D eigenvalue weighted by atomic mass is 10.1. The molecule has 0 saturated heterocycles. The van der Waals surface area contributed by atoms with Crippen LogP contribution in [0.1, 0.15) is 0 Å². The predicted molar refractivity (Wildman–Crippen MR) is 101 cm³/mol. The number of benzene rings is 2. The van der Waals surface area contributed by atoms with E-state index in [1.54, 1.807) is 37.7 Å². The molecule has 0 bridgehead atoms. The summed E-state index contributed by atoms with van der Waals surface area (Å²) < 4.78 is 5.21. The third-order valence-corrected chi connectivity index (χ3v) is 4.05. The first kappa shape index (κ1) is 15.8. The fourth-order valence-electron chi connectivity index (χ4n) is 2.77. The molecule has 4 aromatic rings. The summed E-state index contributed by atoms with van der Waals surface area (Å²) in [7, 11) is 1.63. The minimum absolute atomic E-state index is 0.184. The van der Waals surface area contributed by atoms with Crippen molar-refractivity contribution in [2.24, 2.45) is 0 Å². The van der Waals surface area contributed by atoms with Gasteiger partial charge in [0.05, 0.1) is 7.11 Å². The number of hydrogen-bond donors (Lipinski definition) is 2. The second kappa shape index (κ2) is 6.68. The topological polar surface area (TPSA) is 80.2 Å². The number of ether oxygens (including phenoxy) is 1. The number of phenolic OH excluding ortho intramolecular Hbond substituents is 1. The highest BCUT2D eigenvalue weighted by atomic mass is 16.5. The number of anilines is 2. The summed E-state index contributed by atoms with van der Waals surface area (Å²) in [5.41, 5.74) is 2.41. The molecule has 6 nitrogen and oxygen atoms in total. The van der Waals surface area contributed by atoms with Crippen LogP contribution in [-0.4, -0.2) is 27.4 Å². The molecule has 0 aliphatic rings. The van der Waals surface area contributed by atoms with Gasteiger partial charge in [-0.15, -0.1) is 10.2 Å². The van der Waals surface area contributed by atoms with E-state index in [0.717, 1.165) is 33.5 Å². The molecule has 0 radical (unpaired) electrons. The number of nitrogens with one attached hydrogen (secondary N) is 1. The first-order chi connectivity index (χ1) is 12.7. The molecule has 0 unspecified atom stereocenters. The molecule has 2 heterocycles. The van der Waals surface area contributed by atoms with Crippen LogP contribution in [0.25, 0.3) is 22.0 Å². The highest BCUT2D eigenvalue weighted by Gasteiger charge is 2.12. The van der Waals surface area contributed by atoms with Crippen LogP contribution in [0.2, 0.25) is 0 Å². The highest BCUT2D eigenvalue weighted by molar-refractivity contribution is 6.00. The maximum absolute atomic E-state index is 9.64. The van der Waals surface area contributed by atoms with E-state index in [1.807, 2.05) is 36.4 Å².